The summed E-state index contributed by atoms with van der Waals surface area (Å²) in [6.07, 6.45) is 0.199. The van der Waals surface area contributed by atoms with E-state index < -0.39 is 29.2 Å². The monoisotopic (exact) mass is 293 g/mol. The van der Waals surface area contributed by atoms with Gasteiger partial charge in [-0.2, -0.15) is 0 Å². The maximum absolute atomic E-state index is 12.4. The molecule has 0 spiro atoms. The van der Waals surface area contributed by atoms with Gasteiger partial charge in [-0.1, -0.05) is 0 Å². The molecule has 0 bridgehead atoms. The van der Waals surface area contributed by atoms with Crippen molar-refractivity contribution < 1.29 is 19.2 Å². The number of piperidine rings is 1. The summed E-state index contributed by atoms with van der Waals surface area (Å²) < 4.78 is 0. The van der Waals surface area contributed by atoms with Crippen LogP contribution in [0.15, 0.2) is 5.38 Å². The van der Waals surface area contributed by atoms with Crippen LogP contribution in [-0.4, -0.2) is 34.1 Å². The van der Waals surface area contributed by atoms with Crippen molar-refractivity contribution >= 4 is 40.0 Å². The summed E-state index contributed by atoms with van der Waals surface area (Å²) in [6.45, 7) is 1.48. The van der Waals surface area contributed by atoms with E-state index in [1.165, 1.54) is 12.3 Å². The largest absolute Gasteiger partial charge is 0.390 e. The number of nitrogens with zero attached hydrogens (tertiary/aromatic N) is 1. The lowest BCUT2D eigenvalue weighted by atomic mass is 9.89. The molecule has 7 nitrogen and oxygen atoms in total. The van der Waals surface area contributed by atoms with Gasteiger partial charge in [0.2, 0.25) is 5.91 Å². The summed E-state index contributed by atoms with van der Waals surface area (Å²) in [5.41, 5.74) is 4.73. The molecule has 2 aliphatic rings. The van der Waals surface area contributed by atoms with Crippen LogP contribution in [0.5, 0.6) is 0 Å². The van der Waals surface area contributed by atoms with E-state index in [-0.39, 0.29) is 29.0 Å². The lowest BCUT2D eigenvalue weighted by molar-refractivity contribution is -0.140. The number of amides is 4. The zero-order valence-corrected chi connectivity index (χ0v) is 11.4. The number of hydrogen-bond donors (Lipinski definition) is 2. The van der Waals surface area contributed by atoms with Crippen LogP contribution in [-0.2, 0) is 9.59 Å². The molecule has 3 N–H and O–H groups in total. The molecular formula is C12H11N3O4S. The molecule has 8 heteroatoms. The average Bonchev–Trinajstić information content (AvgIpc) is 2.87. The van der Waals surface area contributed by atoms with Crippen molar-refractivity contribution in [2.75, 3.05) is 5.73 Å². The number of nitrogens with two attached hydrogens (primary N) is 1. The third-order valence-corrected chi connectivity index (χ3v) is 4.56. The molecule has 0 radical (unpaired) electrons. The maximum atomic E-state index is 12.4. The van der Waals surface area contributed by atoms with E-state index in [1.54, 1.807) is 0 Å². The average molecular weight is 293 g/mol. The molecule has 0 unspecified atom stereocenters. The highest BCUT2D eigenvalue weighted by Gasteiger charge is 2.53. The first-order chi connectivity index (χ1) is 9.36. The molecule has 0 aliphatic carbocycles. The number of hydrogen-bond acceptors (Lipinski definition) is 6. The van der Waals surface area contributed by atoms with Crippen molar-refractivity contribution in [3.8, 4) is 0 Å². The van der Waals surface area contributed by atoms with Crippen molar-refractivity contribution in [1.82, 2.24) is 10.2 Å². The molecule has 3 heterocycles. The quantitative estimate of drug-likeness (QED) is 0.715. The number of imide groups is 2. The Kier molecular flexibility index (Phi) is 2.49. The molecule has 4 amide bonds. The second kappa shape index (κ2) is 3.89. The first-order valence-electron chi connectivity index (χ1n) is 5.96. The normalized spacial score (nSPS) is 25.9. The van der Waals surface area contributed by atoms with Gasteiger partial charge in [0.1, 0.15) is 5.54 Å². The molecule has 1 aromatic heterocycles. The molecule has 1 atom stereocenters. The van der Waals surface area contributed by atoms with Gasteiger partial charge in [-0.25, -0.2) is 0 Å². The number of anilines is 1. The standard InChI is InChI=1S/C12H11N3O4S/c1-12(3-2-6(16)14-11(12)19)15-9(17)5-4-20-8(13)7(5)10(15)18/h4H,2-3,13H2,1H3,(H,14,16,19)/t12-/m0/s1. The molecule has 1 fully saturated rings. The highest BCUT2D eigenvalue weighted by atomic mass is 32.1. The Balaban J connectivity index is 2.04. The number of nitrogens with one attached hydrogen (secondary N) is 1. The molecule has 3 rings (SSSR count). The molecule has 0 saturated carbocycles. The Morgan fingerprint density at radius 3 is 2.60 bits per heavy atom. The smallest absolute Gasteiger partial charge is 0.265 e. The number of nitrogen functional groups attached to an aromatic ring is 1. The summed E-state index contributed by atoms with van der Waals surface area (Å²) in [5.74, 6) is -2.15. The third kappa shape index (κ3) is 1.45. The van der Waals surface area contributed by atoms with Crippen molar-refractivity contribution in [1.29, 1.82) is 0 Å². The summed E-state index contributed by atoms with van der Waals surface area (Å²) in [7, 11) is 0. The van der Waals surface area contributed by atoms with Gasteiger partial charge >= 0.3 is 0 Å². The highest BCUT2D eigenvalue weighted by molar-refractivity contribution is 7.14. The predicted molar refractivity (Wildman–Crippen MR) is 70.0 cm³/mol. The van der Waals surface area contributed by atoms with Crippen LogP contribution in [0.3, 0.4) is 0 Å². The fraction of sp³-hybridized carbons (Fsp3) is 0.333. The van der Waals surface area contributed by atoms with Crippen molar-refractivity contribution in [3.05, 3.63) is 16.5 Å². The van der Waals surface area contributed by atoms with Gasteiger partial charge in [-0.15, -0.1) is 11.3 Å². The van der Waals surface area contributed by atoms with Crippen molar-refractivity contribution in [3.63, 3.8) is 0 Å². The minimum absolute atomic E-state index is 0.0849. The fourth-order valence-corrected chi connectivity index (χ4v) is 3.31. The minimum Gasteiger partial charge on any atom is -0.390 e. The van der Waals surface area contributed by atoms with Crippen molar-refractivity contribution in [2.24, 2.45) is 0 Å². The Bertz CT molecular complexity index is 680. The molecule has 104 valence electrons. The first-order valence-corrected chi connectivity index (χ1v) is 6.84. The number of carbonyl (C=O) groups is 4. The molecular weight excluding hydrogens is 282 g/mol. The van der Waals surface area contributed by atoms with Gasteiger partial charge in [-0.05, 0) is 13.3 Å². The topological polar surface area (TPSA) is 110 Å². The molecule has 2 aliphatic heterocycles. The molecule has 1 aromatic rings. The van der Waals surface area contributed by atoms with Crippen LogP contribution in [0.4, 0.5) is 5.00 Å². The van der Waals surface area contributed by atoms with Crippen LogP contribution < -0.4 is 11.1 Å². The van der Waals surface area contributed by atoms with Crippen LogP contribution in [0.1, 0.15) is 40.5 Å². The van der Waals surface area contributed by atoms with E-state index in [9.17, 15) is 19.2 Å². The van der Waals surface area contributed by atoms with Gasteiger partial charge in [0.25, 0.3) is 17.7 Å². The Labute approximate surface area is 117 Å². The Morgan fingerprint density at radius 1 is 1.30 bits per heavy atom. The lowest BCUT2D eigenvalue weighted by Crippen LogP contribution is -2.62. The summed E-state index contributed by atoms with van der Waals surface area (Å²) in [4.78, 5) is 48.9. The van der Waals surface area contributed by atoms with Gasteiger partial charge in [0.05, 0.1) is 16.1 Å². The number of carbonyl (C=O) groups excluding carboxylic acids is 4. The predicted octanol–water partition coefficient (Wildman–Crippen LogP) is 0.122. The molecule has 1 saturated heterocycles. The van der Waals surface area contributed by atoms with E-state index in [0.29, 0.717) is 0 Å². The summed E-state index contributed by atoms with van der Waals surface area (Å²) in [6, 6.07) is 0. The highest BCUT2D eigenvalue weighted by Crippen LogP contribution is 2.38. The fourth-order valence-electron chi connectivity index (χ4n) is 2.53. The van der Waals surface area contributed by atoms with Crippen LogP contribution >= 0.6 is 11.3 Å². The van der Waals surface area contributed by atoms with E-state index in [0.717, 1.165) is 16.2 Å². The molecule has 20 heavy (non-hydrogen) atoms. The Hall–Kier alpha value is -2.22. The van der Waals surface area contributed by atoms with E-state index in [4.69, 9.17) is 5.73 Å². The maximum Gasteiger partial charge on any atom is 0.265 e. The number of fused-ring (bicyclic) bond motifs is 1. The summed E-state index contributed by atoms with van der Waals surface area (Å²) in [5, 5.41) is 3.94. The van der Waals surface area contributed by atoms with E-state index in [2.05, 4.69) is 5.32 Å². The lowest BCUT2D eigenvalue weighted by Gasteiger charge is -2.38. The van der Waals surface area contributed by atoms with Gasteiger partial charge in [0.15, 0.2) is 0 Å². The zero-order chi connectivity index (χ0) is 14.7. The van der Waals surface area contributed by atoms with E-state index in [1.807, 2.05) is 0 Å². The third-order valence-electron chi connectivity index (χ3n) is 3.74. The SMILES string of the molecule is C[C@]1(N2C(=O)c3csc(N)c3C2=O)CCC(=O)NC1=O. The first kappa shape index (κ1) is 12.8. The van der Waals surface area contributed by atoms with Gasteiger partial charge < -0.3 is 5.73 Å². The minimum atomic E-state index is -1.36. The second-order valence-corrected chi connectivity index (χ2v) is 5.90. The summed E-state index contributed by atoms with van der Waals surface area (Å²) >= 11 is 1.12. The zero-order valence-electron chi connectivity index (χ0n) is 10.6. The number of thiophene rings is 1. The van der Waals surface area contributed by atoms with Crippen LogP contribution in [0.2, 0.25) is 0 Å². The van der Waals surface area contributed by atoms with Crippen LogP contribution in [0, 0.1) is 0 Å². The van der Waals surface area contributed by atoms with Gasteiger partial charge in [-0.3, -0.25) is 29.4 Å². The molecule has 0 aromatic carbocycles. The Morgan fingerprint density at radius 2 is 2.00 bits per heavy atom. The van der Waals surface area contributed by atoms with E-state index >= 15 is 0 Å². The van der Waals surface area contributed by atoms with Gasteiger partial charge in [0, 0.05) is 11.8 Å². The van der Waals surface area contributed by atoms with Crippen LogP contribution in [0.25, 0.3) is 0 Å². The number of rotatable bonds is 1. The second-order valence-electron chi connectivity index (χ2n) is 4.99. The van der Waals surface area contributed by atoms with Crippen molar-refractivity contribution in [2.45, 2.75) is 25.3 Å².